The first-order valence-electron chi connectivity index (χ1n) is 14.4. The van der Waals surface area contributed by atoms with Crippen LogP contribution in [0.2, 0.25) is 0 Å². The van der Waals surface area contributed by atoms with Gasteiger partial charge in [-0.1, -0.05) is 91.0 Å². The molecule has 0 aliphatic heterocycles. The Balaban J connectivity index is 1.40. The van der Waals surface area contributed by atoms with Crippen LogP contribution < -0.4 is 0 Å². The molecule has 3 aromatic heterocycles. The quantitative estimate of drug-likeness (QED) is 0.198. The smallest absolute Gasteiger partial charge is 0.138 e. The van der Waals surface area contributed by atoms with E-state index in [1.807, 2.05) is 6.92 Å². The Morgan fingerprint density at radius 2 is 1.51 bits per heavy atom. The fourth-order valence-electron chi connectivity index (χ4n) is 6.89. The SMILES string of the molecule is CC1=C(/C=C(\C)C#N)C(c2ccccc2)(c2ccccc2)c2cc(-c3ccc4nc5c6ccccc6sc5n4c3)ccc21. The zero-order valence-electron chi connectivity index (χ0n) is 23.9. The Morgan fingerprint density at radius 1 is 0.837 bits per heavy atom. The van der Waals surface area contributed by atoms with E-state index < -0.39 is 5.41 Å². The van der Waals surface area contributed by atoms with Gasteiger partial charge >= 0.3 is 0 Å². The van der Waals surface area contributed by atoms with Crippen LogP contribution in [0.3, 0.4) is 0 Å². The topological polar surface area (TPSA) is 41.1 Å². The Morgan fingerprint density at radius 3 is 2.23 bits per heavy atom. The van der Waals surface area contributed by atoms with E-state index >= 15 is 0 Å². The summed E-state index contributed by atoms with van der Waals surface area (Å²) >= 11 is 1.79. The van der Waals surface area contributed by atoms with Crippen LogP contribution >= 0.6 is 11.3 Å². The maximum atomic E-state index is 9.85. The van der Waals surface area contributed by atoms with Crippen molar-refractivity contribution < 1.29 is 0 Å². The molecule has 1 aliphatic carbocycles. The van der Waals surface area contributed by atoms with Crippen molar-refractivity contribution in [3.8, 4) is 17.2 Å². The number of thiophene rings is 1. The van der Waals surface area contributed by atoms with Gasteiger partial charge in [0.05, 0.1) is 11.5 Å². The fourth-order valence-corrected chi connectivity index (χ4v) is 8.01. The maximum Gasteiger partial charge on any atom is 0.138 e. The maximum absolute atomic E-state index is 9.85. The first-order chi connectivity index (χ1) is 21.1. The lowest BCUT2D eigenvalue weighted by Crippen LogP contribution is -2.29. The highest BCUT2D eigenvalue weighted by Crippen LogP contribution is 2.55. The van der Waals surface area contributed by atoms with Gasteiger partial charge in [-0.3, -0.25) is 4.40 Å². The fraction of sp³-hybridized carbons (Fsp3) is 0.0769. The minimum absolute atomic E-state index is 0.562. The third kappa shape index (κ3) is 3.69. The third-order valence-electron chi connectivity index (χ3n) is 8.84. The van der Waals surface area contributed by atoms with E-state index in [0.29, 0.717) is 5.57 Å². The second-order valence-electron chi connectivity index (χ2n) is 11.2. The first kappa shape index (κ1) is 25.5. The number of nitriles is 1. The van der Waals surface area contributed by atoms with E-state index in [-0.39, 0.29) is 0 Å². The van der Waals surface area contributed by atoms with E-state index in [4.69, 9.17) is 4.98 Å². The van der Waals surface area contributed by atoms with Crippen LogP contribution in [-0.4, -0.2) is 9.38 Å². The highest BCUT2D eigenvalue weighted by molar-refractivity contribution is 7.25. The van der Waals surface area contributed by atoms with Crippen molar-refractivity contribution in [3.63, 3.8) is 0 Å². The van der Waals surface area contributed by atoms with Gasteiger partial charge in [0.25, 0.3) is 0 Å². The summed E-state index contributed by atoms with van der Waals surface area (Å²) in [5, 5.41) is 11.0. The first-order valence-corrected chi connectivity index (χ1v) is 15.3. The van der Waals surface area contributed by atoms with Gasteiger partial charge in [-0.2, -0.15) is 5.26 Å². The molecule has 0 saturated heterocycles. The largest absolute Gasteiger partial charge is 0.290 e. The molecule has 43 heavy (non-hydrogen) atoms. The average Bonchev–Trinajstić information content (AvgIpc) is 3.68. The minimum atomic E-state index is -0.562. The summed E-state index contributed by atoms with van der Waals surface area (Å²) in [5.74, 6) is 0. The second-order valence-corrected chi connectivity index (χ2v) is 12.3. The van der Waals surface area contributed by atoms with Crippen LogP contribution in [0.4, 0.5) is 0 Å². The molecule has 7 aromatic rings. The highest BCUT2D eigenvalue weighted by Gasteiger charge is 2.46. The van der Waals surface area contributed by atoms with E-state index in [2.05, 4.69) is 145 Å². The van der Waals surface area contributed by atoms with Crippen LogP contribution in [0.5, 0.6) is 0 Å². The Bertz CT molecular complexity index is 2270. The molecule has 4 heteroatoms. The van der Waals surface area contributed by atoms with Crippen molar-refractivity contribution in [2.24, 2.45) is 0 Å². The van der Waals surface area contributed by atoms with Crippen molar-refractivity contribution in [3.05, 3.63) is 161 Å². The van der Waals surface area contributed by atoms with Gasteiger partial charge in [0.15, 0.2) is 0 Å². The van der Waals surface area contributed by atoms with Crippen LogP contribution in [0.1, 0.15) is 36.1 Å². The predicted octanol–water partition coefficient (Wildman–Crippen LogP) is 9.96. The molecular formula is C39H27N3S. The summed E-state index contributed by atoms with van der Waals surface area (Å²) in [4.78, 5) is 6.15. The van der Waals surface area contributed by atoms with Crippen LogP contribution in [0.15, 0.2) is 139 Å². The monoisotopic (exact) mass is 569 g/mol. The lowest BCUT2D eigenvalue weighted by Gasteiger charge is -2.35. The number of allylic oxidation sites excluding steroid dienone is 4. The average molecular weight is 570 g/mol. The molecule has 0 bridgehead atoms. The Kier molecular flexibility index (Phi) is 5.72. The second kappa shape index (κ2) is 9.66. The molecule has 0 N–H and O–H groups in total. The molecule has 204 valence electrons. The molecule has 4 aromatic carbocycles. The molecule has 0 atom stereocenters. The number of nitrogens with zero attached hydrogens (tertiary/aromatic N) is 3. The van der Waals surface area contributed by atoms with E-state index in [9.17, 15) is 5.26 Å². The van der Waals surface area contributed by atoms with Gasteiger partial charge < -0.3 is 0 Å². The molecule has 0 saturated carbocycles. The number of hydrogen-bond acceptors (Lipinski definition) is 3. The number of rotatable bonds is 4. The van der Waals surface area contributed by atoms with Crippen molar-refractivity contribution in [2.45, 2.75) is 19.3 Å². The summed E-state index contributed by atoms with van der Waals surface area (Å²) in [6, 6.07) is 43.5. The third-order valence-corrected chi connectivity index (χ3v) is 10.0. The minimum Gasteiger partial charge on any atom is -0.290 e. The van der Waals surface area contributed by atoms with Gasteiger partial charge in [0.2, 0.25) is 0 Å². The summed E-state index contributed by atoms with van der Waals surface area (Å²) < 4.78 is 3.49. The molecule has 0 spiro atoms. The van der Waals surface area contributed by atoms with Crippen LogP contribution in [-0.2, 0) is 5.41 Å². The van der Waals surface area contributed by atoms with Crippen molar-refractivity contribution in [2.75, 3.05) is 0 Å². The van der Waals surface area contributed by atoms with Crippen molar-refractivity contribution >= 4 is 43.0 Å². The Hall–Kier alpha value is -5.24. The lowest BCUT2D eigenvalue weighted by atomic mass is 9.66. The van der Waals surface area contributed by atoms with Crippen LogP contribution in [0, 0.1) is 11.3 Å². The van der Waals surface area contributed by atoms with E-state index in [1.54, 1.807) is 11.3 Å². The molecule has 1 aliphatic rings. The molecule has 0 radical (unpaired) electrons. The Labute approximate surface area is 254 Å². The van der Waals surface area contributed by atoms with Gasteiger partial charge in [0, 0.05) is 21.9 Å². The number of fused-ring (bicyclic) bond motifs is 6. The zero-order valence-corrected chi connectivity index (χ0v) is 24.7. The number of aromatic nitrogens is 2. The highest BCUT2D eigenvalue weighted by atomic mass is 32.1. The van der Waals surface area contributed by atoms with Crippen molar-refractivity contribution in [1.82, 2.24) is 9.38 Å². The number of imidazole rings is 1. The molecule has 3 nitrogen and oxygen atoms in total. The van der Waals surface area contributed by atoms with Gasteiger partial charge in [-0.15, -0.1) is 11.3 Å². The van der Waals surface area contributed by atoms with Gasteiger partial charge in [0.1, 0.15) is 16.0 Å². The number of benzene rings is 4. The number of hydrogen-bond donors (Lipinski definition) is 0. The molecule has 3 heterocycles. The van der Waals surface area contributed by atoms with E-state index in [0.717, 1.165) is 27.9 Å². The molecular weight excluding hydrogens is 543 g/mol. The summed E-state index contributed by atoms with van der Waals surface area (Å²) in [7, 11) is 0. The summed E-state index contributed by atoms with van der Waals surface area (Å²) in [6.45, 7) is 4.09. The van der Waals surface area contributed by atoms with Crippen molar-refractivity contribution in [1.29, 1.82) is 5.26 Å². The number of pyridine rings is 1. The molecule has 0 unspecified atom stereocenters. The molecule has 0 fully saturated rings. The molecule has 8 rings (SSSR count). The predicted molar refractivity (Wildman–Crippen MR) is 178 cm³/mol. The summed E-state index contributed by atoms with van der Waals surface area (Å²) in [5.41, 5.74) is 11.6. The van der Waals surface area contributed by atoms with Crippen LogP contribution in [0.25, 0.3) is 42.8 Å². The van der Waals surface area contributed by atoms with E-state index in [1.165, 1.54) is 42.7 Å². The standard InChI is InChI=1S/C39H27N3S/c1-25(23-40)21-33-26(2)31-19-17-27(22-34(31)39(33,29-11-5-3-6-12-29)30-13-7-4-8-14-30)28-18-20-36-41-37-32-15-9-10-16-35(32)43-38(37)42(36)24-28/h3-22,24H,1-2H3/b25-21+. The molecule has 0 amide bonds. The normalized spacial score (nSPS) is 14.5. The van der Waals surface area contributed by atoms with Gasteiger partial charge in [-0.25, -0.2) is 4.98 Å². The summed E-state index contributed by atoms with van der Waals surface area (Å²) in [6.07, 6.45) is 4.31. The zero-order chi connectivity index (χ0) is 29.1. The lowest BCUT2D eigenvalue weighted by molar-refractivity contribution is 0.760. The van der Waals surface area contributed by atoms with Gasteiger partial charge in [-0.05, 0) is 88.7 Å².